The molecule has 0 fully saturated rings. The lowest BCUT2D eigenvalue weighted by atomic mass is 10.3. The molecule has 0 spiro atoms. The monoisotopic (exact) mass is 211 g/mol. The summed E-state index contributed by atoms with van der Waals surface area (Å²) >= 11 is 0. The lowest BCUT2D eigenvalue weighted by molar-refractivity contribution is -0.138. The first-order valence-electron chi connectivity index (χ1n) is 4.69. The average molecular weight is 211 g/mol. The molecular weight excluding hydrogens is 194 g/mol. The van der Waals surface area contributed by atoms with Crippen LogP contribution in [0.4, 0.5) is 0 Å². The van der Waals surface area contributed by atoms with Gasteiger partial charge >= 0.3 is 5.97 Å². The van der Waals surface area contributed by atoms with Crippen molar-refractivity contribution in [3.8, 4) is 5.75 Å². The van der Waals surface area contributed by atoms with Crippen molar-refractivity contribution < 1.29 is 14.3 Å². The van der Waals surface area contributed by atoms with Gasteiger partial charge in [0.2, 0.25) is 0 Å². The third kappa shape index (κ3) is 7.52. The second-order valence-electron chi connectivity index (χ2n) is 2.53. The van der Waals surface area contributed by atoms with Crippen LogP contribution in [0.25, 0.3) is 0 Å². The summed E-state index contributed by atoms with van der Waals surface area (Å²) in [5, 5.41) is 0. The molecule has 0 aromatic heterocycles. The van der Waals surface area contributed by atoms with Crippen molar-refractivity contribution in [2.45, 2.75) is 6.92 Å². The van der Waals surface area contributed by atoms with Gasteiger partial charge in [-0.25, -0.2) is 0 Å². The van der Waals surface area contributed by atoms with Crippen LogP contribution in [0.15, 0.2) is 30.3 Å². The summed E-state index contributed by atoms with van der Waals surface area (Å²) in [4.78, 5) is 9.83. The number of carbonyl (C=O) groups excluding carboxylic acids is 1. The van der Waals surface area contributed by atoms with E-state index in [2.05, 4.69) is 4.74 Å². The van der Waals surface area contributed by atoms with Crippen LogP contribution in [0.5, 0.6) is 5.75 Å². The minimum absolute atomic E-state index is 0.0312. The number of methoxy groups -OCH3 is 1. The Hall–Kier alpha value is -1.55. The molecule has 1 rings (SSSR count). The normalized spacial score (nSPS) is 8.47. The van der Waals surface area contributed by atoms with Gasteiger partial charge in [-0.05, 0) is 19.1 Å². The first kappa shape index (κ1) is 13.4. The maximum Gasteiger partial charge on any atom is 0.319 e. The summed E-state index contributed by atoms with van der Waals surface area (Å²) in [5.74, 6) is 0.565. The van der Waals surface area contributed by atoms with E-state index in [1.807, 2.05) is 37.3 Å². The third-order valence-electron chi connectivity index (χ3n) is 1.45. The van der Waals surface area contributed by atoms with Gasteiger partial charge in [0.1, 0.15) is 5.75 Å². The summed E-state index contributed by atoms with van der Waals surface area (Å²) in [5.41, 5.74) is 4.81. The molecule has 15 heavy (non-hydrogen) atoms. The largest absolute Gasteiger partial charge is 0.494 e. The average Bonchev–Trinajstić information content (AvgIpc) is 2.31. The van der Waals surface area contributed by atoms with E-state index < -0.39 is 0 Å². The summed E-state index contributed by atoms with van der Waals surface area (Å²) in [7, 11) is 1.30. The second-order valence-corrected chi connectivity index (χ2v) is 2.53. The number of ether oxygens (including phenoxy) is 2. The molecule has 0 amide bonds. The van der Waals surface area contributed by atoms with Gasteiger partial charge in [0, 0.05) is 0 Å². The SMILES string of the molecule is CCOc1ccccc1.COC(=O)CN. The highest BCUT2D eigenvalue weighted by Gasteiger charge is 1.87. The maximum absolute atomic E-state index is 9.83. The minimum atomic E-state index is -0.380. The van der Waals surface area contributed by atoms with E-state index in [9.17, 15) is 4.79 Å². The van der Waals surface area contributed by atoms with Crippen LogP contribution in [0.3, 0.4) is 0 Å². The molecule has 2 N–H and O–H groups in total. The Morgan fingerprint density at radius 1 is 1.33 bits per heavy atom. The van der Waals surface area contributed by atoms with Crippen LogP contribution in [-0.2, 0) is 9.53 Å². The van der Waals surface area contributed by atoms with Crippen molar-refractivity contribution in [3.05, 3.63) is 30.3 Å². The van der Waals surface area contributed by atoms with E-state index in [-0.39, 0.29) is 12.5 Å². The summed E-state index contributed by atoms with van der Waals surface area (Å²) in [6, 6.07) is 9.80. The lowest BCUT2D eigenvalue weighted by Gasteiger charge is -1.99. The van der Waals surface area contributed by atoms with Crippen LogP contribution in [0.2, 0.25) is 0 Å². The van der Waals surface area contributed by atoms with Crippen LogP contribution in [0, 0.1) is 0 Å². The number of nitrogens with two attached hydrogens (primary N) is 1. The molecule has 0 radical (unpaired) electrons. The Bertz CT molecular complexity index is 256. The zero-order chi connectivity index (χ0) is 11.5. The molecule has 0 saturated carbocycles. The Morgan fingerprint density at radius 3 is 2.27 bits per heavy atom. The van der Waals surface area contributed by atoms with E-state index in [0.29, 0.717) is 0 Å². The number of para-hydroxylation sites is 1. The highest BCUT2D eigenvalue weighted by atomic mass is 16.5. The summed E-state index contributed by atoms with van der Waals surface area (Å²) in [6.45, 7) is 2.69. The second kappa shape index (κ2) is 9.02. The number of hydrogen-bond donors (Lipinski definition) is 1. The van der Waals surface area contributed by atoms with E-state index in [4.69, 9.17) is 10.5 Å². The van der Waals surface area contributed by atoms with E-state index in [1.54, 1.807) is 0 Å². The zero-order valence-corrected chi connectivity index (χ0v) is 9.10. The first-order valence-corrected chi connectivity index (χ1v) is 4.69. The van der Waals surface area contributed by atoms with Gasteiger partial charge in [-0.3, -0.25) is 4.79 Å². The predicted molar refractivity (Wildman–Crippen MR) is 58.7 cm³/mol. The Balaban J connectivity index is 0.000000288. The number of esters is 1. The number of benzene rings is 1. The van der Waals surface area contributed by atoms with Crippen molar-refractivity contribution >= 4 is 5.97 Å². The Labute approximate surface area is 90.0 Å². The number of rotatable bonds is 3. The van der Waals surface area contributed by atoms with Crippen LogP contribution >= 0.6 is 0 Å². The fraction of sp³-hybridized carbons (Fsp3) is 0.364. The fourth-order valence-corrected chi connectivity index (χ4v) is 0.767. The van der Waals surface area contributed by atoms with E-state index >= 15 is 0 Å². The molecule has 4 heteroatoms. The zero-order valence-electron chi connectivity index (χ0n) is 9.10. The lowest BCUT2D eigenvalue weighted by Crippen LogP contribution is -2.14. The van der Waals surface area contributed by atoms with Crippen molar-refractivity contribution in [2.75, 3.05) is 20.3 Å². The fourth-order valence-electron chi connectivity index (χ4n) is 0.767. The summed E-state index contributed by atoms with van der Waals surface area (Å²) in [6.07, 6.45) is 0. The summed E-state index contributed by atoms with van der Waals surface area (Å²) < 4.78 is 9.34. The van der Waals surface area contributed by atoms with Gasteiger partial charge in [0.25, 0.3) is 0 Å². The molecule has 0 unspecified atom stereocenters. The van der Waals surface area contributed by atoms with Crippen molar-refractivity contribution in [3.63, 3.8) is 0 Å². The molecule has 0 aliphatic carbocycles. The minimum Gasteiger partial charge on any atom is -0.494 e. The maximum atomic E-state index is 9.83. The van der Waals surface area contributed by atoms with Gasteiger partial charge in [-0.2, -0.15) is 0 Å². The standard InChI is InChI=1S/C8H10O.C3H7NO2/c1-2-9-8-6-4-3-5-7-8;1-6-3(5)2-4/h3-7H,2H2,1H3;2,4H2,1H3. The molecule has 0 heterocycles. The predicted octanol–water partition coefficient (Wildman–Crippen LogP) is 1.20. The highest BCUT2D eigenvalue weighted by Crippen LogP contribution is 2.06. The number of carbonyl (C=O) groups is 1. The molecule has 0 aliphatic rings. The Kier molecular flexibility index (Phi) is 8.09. The molecule has 84 valence electrons. The van der Waals surface area contributed by atoms with Crippen molar-refractivity contribution in [2.24, 2.45) is 5.73 Å². The van der Waals surface area contributed by atoms with Crippen LogP contribution < -0.4 is 10.5 Å². The first-order chi connectivity index (χ1) is 7.24. The van der Waals surface area contributed by atoms with Gasteiger partial charge in [0.15, 0.2) is 0 Å². The molecule has 0 atom stereocenters. The van der Waals surface area contributed by atoms with Crippen LogP contribution in [0.1, 0.15) is 6.92 Å². The quantitative estimate of drug-likeness (QED) is 0.763. The molecule has 1 aromatic carbocycles. The molecule has 4 nitrogen and oxygen atoms in total. The molecule has 0 saturated heterocycles. The van der Waals surface area contributed by atoms with Crippen LogP contribution in [-0.4, -0.2) is 26.2 Å². The molecule has 1 aromatic rings. The van der Waals surface area contributed by atoms with Gasteiger partial charge < -0.3 is 15.2 Å². The molecule has 0 aliphatic heterocycles. The van der Waals surface area contributed by atoms with E-state index in [0.717, 1.165) is 12.4 Å². The molecule has 0 bridgehead atoms. The topological polar surface area (TPSA) is 61.5 Å². The smallest absolute Gasteiger partial charge is 0.319 e. The van der Waals surface area contributed by atoms with Crippen molar-refractivity contribution in [1.29, 1.82) is 0 Å². The highest BCUT2D eigenvalue weighted by molar-refractivity contribution is 5.70. The number of hydrogen-bond acceptors (Lipinski definition) is 4. The van der Waals surface area contributed by atoms with E-state index in [1.165, 1.54) is 7.11 Å². The van der Waals surface area contributed by atoms with Gasteiger partial charge in [-0.1, -0.05) is 18.2 Å². The van der Waals surface area contributed by atoms with Crippen molar-refractivity contribution in [1.82, 2.24) is 0 Å². The van der Waals surface area contributed by atoms with Gasteiger partial charge in [-0.15, -0.1) is 0 Å². The molecular formula is C11H17NO3. The van der Waals surface area contributed by atoms with Gasteiger partial charge in [0.05, 0.1) is 20.3 Å². The Morgan fingerprint density at radius 2 is 1.93 bits per heavy atom. The third-order valence-corrected chi connectivity index (χ3v) is 1.45.